The van der Waals surface area contributed by atoms with Crippen LogP contribution < -0.4 is 10.1 Å². The van der Waals surface area contributed by atoms with E-state index in [4.69, 9.17) is 9.15 Å². The number of carbonyl (C=O) groups is 2. The van der Waals surface area contributed by atoms with Crippen LogP contribution in [-0.2, 0) is 22.7 Å². The van der Waals surface area contributed by atoms with Crippen molar-refractivity contribution in [2.75, 3.05) is 7.11 Å². The Morgan fingerprint density at radius 2 is 1.76 bits per heavy atom. The van der Waals surface area contributed by atoms with E-state index < -0.39 is 6.04 Å². The van der Waals surface area contributed by atoms with E-state index >= 15 is 0 Å². The maximum Gasteiger partial charge on any atom is 0.247 e. The first-order chi connectivity index (χ1) is 14.1. The topological polar surface area (TPSA) is 71.8 Å². The Balaban J connectivity index is 1.86. The molecule has 0 saturated heterocycles. The summed E-state index contributed by atoms with van der Waals surface area (Å²) in [7, 11) is 1.60. The third-order valence-corrected chi connectivity index (χ3v) is 4.61. The Morgan fingerprint density at radius 3 is 2.34 bits per heavy atom. The molecule has 2 amide bonds. The van der Waals surface area contributed by atoms with Crippen LogP contribution >= 0.6 is 0 Å². The highest BCUT2D eigenvalue weighted by molar-refractivity contribution is 5.88. The van der Waals surface area contributed by atoms with Gasteiger partial charge in [0.05, 0.1) is 19.9 Å². The van der Waals surface area contributed by atoms with Crippen molar-refractivity contribution in [2.24, 2.45) is 0 Å². The number of carbonyl (C=O) groups excluding carboxylic acids is 2. The molecule has 150 valence electrons. The van der Waals surface area contributed by atoms with Crippen LogP contribution in [0.3, 0.4) is 0 Å². The Morgan fingerprint density at radius 1 is 1.03 bits per heavy atom. The van der Waals surface area contributed by atoms with Crippen molar-refractivity contribution in [3.05, 3.63) is 89.9 Å². The van der Waals surface area contributed by atoms with Gasteiger partial charge in [-0.15, -0.1) is 0 Å². The number of methoxy groups -OCH3 is 1. The molecule has 0 aliphatic carbocycles. The van der Waals surface area contributed by atoms with E-state index in [-0.39, 0.29) is 18.4 Å². The second-order valence-electron chi connectivity index (χ2n) is 6.61. The molecular formula is C23H24N2O4. The summed E-state index contributed by atoms with van der Waals surface area (Å²) >= 11 is 0. The second kappa shape index (κ2) is 9.59. The summed E-state index contributed by atoms with van der Waals surface area (Å²) in [6, 6.07) is 19.5. The molecule has 0 spiro atoms. The van der Waals surface area contributed by atoms with Crippen molar-refractivity contribution in [1.29, 1.82) is 0 Å². The third kappa shape index (κ3) is 5.25. The number of furan rings is 1. The van der Waals surface area contributed by atoms with Gasteiger partial charge in [-0.3, -0.25) is 9.59 Å². The molecule has 1 heterocycles. The van der Waals surface area contributed by atoms with Gasteiger partial charge in [0.15, 0.2) is 0 Å². The van der Waals surface area contributed by atoms with Crippen LogP contribution in [0.25, 0.3) is 0 Å². The molecule has 3 aromatic rings. The predicted octanol–water partition coefficient (Wildman–Crippen LogP) is 3.69. The summed E-state index contributed by atoms with van der Waals surface area (Å²) in [5.41, 5.74) is 1.65. The van der Waals surface area contributed by atoms with E-state index in [1.54, 1.807) is 30.4 Å². The highest BCUT2D eigenvalue weighted by Crippen LogP contribution is 2.24. The van der Waals surface area contributed by atoms with Crippen LogP contribution in [0.15, 0.2) is 77.4 Å². The lowest BCUT2D eigenvalue weighted by molar-refractivity contribution is -0.140. The Kier molecular flexibility index (Phi) is 6.68. The fraction of sp³-hybridized carbons (Fsp3) is 0.217. The van der Waals surface area contributed by atoms with Crippen molar-refractivity contribution in [2.45, 2.75) is 26.1 Å². The summed E-state index contributed by atoms with van der Waals surface area (Å²) in [6.45, 7) is 2.02. The normalized spacial score (nSPS) is 11.5. The smallest absolute Gasteiger partial charge is 0.247 e. The molecule has 1 aromatic heterocycles. The van der Waals surface area contributed by atoms with Crippen LogP contribution in [0.1, 0.15) is 29.9 Å². The third-order valence-electron chi connectivity index (χ3n) is 4.61. The first kappa shape index (κ1) is 20.2. The Hall–Kier alpha value is -3.54. The summed E-state index contributed by atoms with van der Waals surface area (Å²) < 4.78 is 10.5. The van der Waals surface area contributed by atoms with E-state index in [9.17, 15) is 9.59 Å². The molecule has 0 aliphatic heterocycles. The van der Waals surface area contributed by atoms with Crippen molar-refractivity contribution >= 4 is 11.8 Å². The lowest BCUT2D eigenvalue weighted by Crippen LogP contribution is -2.42. The molecule has 1 N–H and O–H groups in total. The Bertz CT molecular complexity index is 921. The van der Waals surface area contributed by atoms with Gasteiger partial charge >= 0.3 is 0 Å². The molecule has 0 radical (unpaired) electrons. The van der Waals surface area contributed by atoms with Gasteiger partial charge in [0, 0.05) is 13.5 Å². The van der Waals surface area contributed by atoms with Crippen molar-refractivity contribution in [3.8, 4) is 5.75 Å². The molecule has 29 heavy (non-hydrogen) atoms. The standard InChI is InChI=1S/C23H24N2O4/c1-17(26)25(16-18-10-12-20(28-2)13-11-18)22(19-7-4-3-5-8-19)23(27)24-15-21-9-6-14-29-21/h3-14,22H,15-16H2,1-2H3,(H,24,27)/t22-/m1/s1. The van der Waals surface area contributed by atoms with Crippen LogP contribution in [0.4, 0.5) is 0 Å². The molecule has 6 nitrogen and oxygen atoms in total. The van der Waals surface area contributed by atoms with E-state index in [0.29, 0.717) is 12.3 Å². The first-order valence-electron chi connectivity index (χ1n) is 9.33. The van der Waals surface area contributed by atoms with E-state index in [1.165, 1.54) is 6.92 Å². The van der Waals surface area contributed by atoms with Crippen LogP contribution in [0.5, 0.6) is 5.75 Å². The number of hydrogen-bond acceptors (Lipinski definition) is 4. The number of nitrogens with one attached hydrogen (secondary N) is 1. The van der Waals surface area contributed by atoms with E-state index in [0.717, 1.165) is 16.9 Å². The SMILES string of the molecule is COc1ccc(CN(C(C)=O)[C@@H](C(=O)NCc2ccco2)c2ccccc2)cc1. The zero-order chi connectivity index (χ0) is 20.6. The zero-order valence-electron chi connectivity index (χ0n) is 16.5. The van der Waals surface area contributed by atoms with Gasteiger partial charge in [0.2, 0.25) is 11.8 Å². The van der Waals surface area contributed by atoms with Gasteiger partial charge in [0.25, 0.3) is 0 Å². The number of nitrogens with zero attached hydrogens (tertiary/aromatic N) is 1. The zero-order valence-corrected chi connectivity index (χ0v) is 16.5. The largest absolute Gasteiger partial charge is 0.497 e. The van der Waals surface area contributed by atoms with Gasteiger partial charge in [-0.1, -0.05) is 42.5 Å². The molecular weight excluding hydrogens is 368 g/mol. The highest BCUT2D eigenvalue weighted by atomic mass is 16.5. The number of benzene rings is 2. The molecule has 2 aromatic carbocycles. The quantitative estimate of drug-likeness (QED) is 0.635. The molecule has 0 aliphatic rings. The number of rotatable bonds is 8. The van der Waals surface area contributed by atoms with E-state index in [2.05, 4.69) is 5.32 Å². The van der Waals surface area contributed by atoms with Crippen molar-refractivity contribution in [3.63, 3.8) is 0 Å². The Labute approximate surface area is 170 Å². The lowest BCUT2D eigenvalue weighted by atomic mass is 10.0. The molecule has 1 atom stereocenters. The van der Waals surface area contributed by atoms with Gasteiger partial charge in [-0.25, -0.2) is 0 Å². The summed E-state index contributed by atoms with van der Waals surface area (Å²) in [5.74, 6) is 0.924. The van der Waals surface area contributed by atoms with E-state index in [1.807, 2.05) is 54.6 Å². The number of amides is 2. The summed E-state index contributed by atoms with van der Waals surface area (Å²) in [5, 5.41) is 2.88. The van der Waals surface area contributed by atoms with Gasteiger partial charge in [0.1, 0.15) is 17.6 Å². The van der Waals surface area contributed by atoms with Crippen molar-refractivity contribution in [1.82, 2.24) is 10.2 Å². The monoisotopic (exact) mass is 392 g/mol. The molecule has 0 bridgehead atoms. The minimum Gasteiger partial charge on any atom is -0.497 e. The molecule has 6 heteroatoms. The molecule has 0 fully saturated rings. The first-order valence-corrected chi connectivity index (χ1v) is 9.33. The average Bonchev–Trinajstić information content (AvgIpc) is 3.26. The fourth-order valence-corrected chi connectivity index (χ4v) is 3.10. The average molecular weight is 392 g/mol. The molecule has 0 saturated carbocycles. The predicted molar refractivity (Wildman–Crippen MR) is 109 cm³/mol. The summed E-state index contributed by atoms with van der Waals surface area (Å²) in [6.07, 6.45) is 1.56. The highest BCUT2D eigenvalue weighted by Gasteiger charge is 2.29. The summed E-state index contributed by atoms with van der Waals surface area (Å²) in [4.78, 5) is 27.2. The maximum atomic E-state index is 13.1. The maximum absolute atomic E-state index is 13.1. The number of hydrogen-bond donors (Lipinski definition) is 1. The minimum atomic E-state index is -0.759. The number of ether oxygens (including phenoxy) is 1. The van der Waals surface area contributed by atoms with Gasteiger partial charge in [-0.2, -0.15) is 0 Å². The lowest BCUT2D eigenvalue weighted by Gasteiger charge is -2.30. The van der Waals surface area contributed by atoms with Gasteiger partial charge < -0.3 is 19.4 Å². The minimum absolute atomic E-state index is 0.192. The van der Waals surface area contributed by atoms with Crippen LogP contribution in [-0.4, -0.2) is 23.8 Å². The molecule has 3 rings (SSSR count). The molecule has 0 unspecified atom stereocenters. The van der Waals surface area contributed by atoms with Crippen LogP contribution in [0.2, 0.25) is 0 Å². The van der Waals surface area contributed by atoms with Crippen LogP contribution in [0, 0.1) is 0 Å². The second-order valence-corrected chi connectivity index (χ2v) is 6.61. The van der Waals surface area contributed by atoms with Gasteiger partial charge in [-0.05, 0) is 35.4 Å². The fourth-order valence-electron chi connectivity index (χ4n) is 3.10. The van der Waals surface area contributed by atoms with Crippen molar-refractivity contribution < 1.29 is 18.7 Å².